The van der Waals surface area contributed by atoms with Crippen LogP contribution in [-0.2, 0) is 4.79 Å². The van der Waals surface area contributed by atoms with Gasteiger partial charge >= 0.3 is 5.97 Å². The van der Waals surface area contributed by atoms with Crippen molar-refractivity contribution in [3.63, 3.8) is 0 Å². The highest BCUT2D eigenvalue weighted by molar-refractivity contribution is 5.69. The van der Waals surface area contributed by atoms with Crippen molar-refractivity contribution >= 4 is 5.97 Å². The summed E-state index contributed by atoms with van der Waals surface area (Å²) in [6.07, 6.45) is 4.90. The molecule has 3 heteroatoms. The highest BCUT2D eigenvalue weighted by Gasteiger charge is 2.28. The Morgan fingerprint density at radius 3 is 2.80 bits per heavy atom. The first kappa shape index (κ1) is 12.5. The summed E-state index contributed by atoms with van der Waals surface area (Å²) >= 11 is 0. The molecule has 1 aliphatic rings. The molecule has 1 saturated carbocycles. The van der Waals surface area contributed by atoms with Crippen LogP contribution in [0.5, 0.6) is 0 Å². The number of nitrogens with one attached hydrogen (secondary N) is 1. The first-order valence-corrected chi connectivity index (χ1v) is 5.87. The van der Waals surface area contributed by atoms with Crippen molar-refractivity contribution in [2.45, 2.75) is 52.5 Å². The van der Waals surface area contributed by atoms with Gasteiger partial charge in [0.1, 0.15) is 0 Å². The molecule has 1 fully saturated rings. The van der Waals surface area contributed by atoms with E-state index in [1.54, 1.807) is 6.92 Å². The molecule has 88 valence electrons. The molecule has 0 aromatic carbocycles. The number of carboxylic acid groups (broad SMARTS) is 1. The van der Waals surface area contributed by atoms with Gasteiger partial charge in [0.25, 0.3) is 0 Å². The number of carboxylic acids is 1. The molecular formula is C12H23NO2. The van der Waals surface area contributed by atoms with E-state index in [2.05, 4.69) is 19.2 Å². The van der Waals surface area contributed by atoms with E-state index in [0.717, 1.165) is 0 Å². The average molecular weight is 213 g/mol. The van der Waals surface area contributed by atoms with E-state index in [-0.39, 0.29) is 5.92 Å². The van der Waals surface area contributed by atoms with Gasteiger partial charge in [-0.05, 0) is 24.7 Å². The molecule has 0 radical (unpaired) electrons. The molecule has 0 aromatic rings. The molecule has 2 atom stereocenters. The van der Waals surface area contributed by atoms with Crippen molar-refractivity contribution in [2.75, 3.05) is 6.54 Å². The zero-order valence-electron chi connectivity index (χ0n) is 10.0. The van der Waals surface area contributed by atoms with E-state index in [4.69, 9.17) is 5.11 Å². The number of hydrogen-bond donors (Lipinski definition) is 2. The van der Waals surface area contributed by atoms with Crippen LogP contribution in [0.15, 0.2) is 0 Å². The summed E-state index contributed by atoms with van der Waals surface area (Å²) in [5, 5.41) is 12.2. The lowest BCUT2D eigenvalue weighted by Crippen LogP contribution is -2.40. The zero-order chi connectivity index (χ0) is 11.5. The maximum absolute atomic E-state index is 10.7. The van der Waals surface area contributed by atoms with E-state index >= 15 is 0 Å². The lowest BCUT2D eigenvalue weighted by molar-refractivity contribution is -0.141. The summed E-state index contributed by atoms with van der Waals surface area (Å²) in [4.78, 5) is 10.7. The molecule has 0 aliphatic heterocycles. The van der Waals surface area contributed by atoms with E-state index < -0.39 is 5.97 Å². The van der Waals surface area contributed by atoms with Crippen molar-refractivity contribution in [3.05, 3.63) is 0 Å². The summed E-state index contributed by atoms with van der Waals surface area (Å²) in [5.74, 6) is -0.993. The number of rotatable bonds is 4. The Morgan fingerprint density at radius 2 is 2.27 bits per heavy atom. The van der Waals surface area contributed by atoms with Crippen molar-refractivity contribution < 1.29 is 9.90 Å². The van der Waals surface area contributed by atoms with Gasteiger partial charge in [-0.2, -0.15) is 0 Å². The molecule has 0 amide bonds. The molecule has 0 spiro atoms. The third-order valence-corrected chi connectivity index (χ3v) is 3.34. The van der Waals surface area contributed by atoms with Crippen molar-refractivity contribution in [1.29, 1.82) is 0 Å². The van der Waals surface area contributed by atoms with Gasteiger partial charge in [0.05, 0.1) is 5.92 Å². The standard InChI is InChI=1S/C12H23NO2/c1-9(11(14)15)8-13-10-5-4-6-12(2,3)7-10/h9-10,13H,4-8H2,1-3H3,(H,14,15). The molecule has 0 heterocycles. The largest absolute Gasteiger partial charge is 0.481 e. The Kier molecular flexibility index (Phi) is 4.14. The Hall–Kier alpha value is -0.570. The molecule has 0 saturated heterocycles. The van der Waals surface area contributed by atoms with Crippen molar-refractivity contribution in [2.24, 2.45) is 11.3 Å². The second-order valence-corrected chi connectivity index (χ2v) is 5.61. The van der Waals surface area contributed by atoms with Gasteiger partial charge in [-0.1, -0.05) is 27.2 Å². The lowest BCUT2D eigenvalue weighted by Gasteiger charge is -2.36. The van der Waals surface area contributed by atoms with E-state index in [1.807, 2.05) is 0 Å². The van der Waals surface area contributed by atoms with Crippen LogP contribution in [-0.4, -0.2) is 23.7 Å². The third kappa shape index (κ3) is 4.20. The van der Waals surface area contributed by atoms with Crippen LogP contribution >= 0.6 is 0 Å². The number of hydrogen-bond acceptors (Lipinski definition) is 2. The highest BCUT2D eigenvalue weighted by Crippen LogP contribution is 2.35. The van der Waals surface area contributed by atoms with Crippen LogP contribution < -0.4 is 5.32 Å². The van der Waals surface area contributed by atoms with Gasteiger partial charge in [0.15, 0.2) is 0 Å². The van der Waals surface area contributed by atoms with Crippen LogP contribution in [0.25, 0.3) is 0 Å². The van der Waals surface area contributed by atoms with Gasteiger partial charge in [-0.15, -0.1) is 0 Å². The lowest BCUT2D eigenvalue weighted by atomic mass is 9.75. The number of carbonyl (C=O) groups is 1. The maximum Gasteiger partial charge on any atom is 0.307 e. The Labute approximate surface area is 92.3 Å². The fourth-order valence-corrected chi connectivity index (χ4v) is 2.30. The molecular weight excluding hydrogens is 190 g/mol. The molecule has 0 bridgehead atoms. The van der Waals surface area contributed by atoms with Crippen LogP contribution in [0.4, 0.5) is 0 Å². The molecule has 1 rings (SSSR count). The van der Waals surface area contributed by atoms with E-state index in [1.165, 1.54) is 25.7 Å². The maximum atomic E-state index is 10.7. The fourth-order valence-electron chi connectivity index (χ4n) is 2.30. The molecule has 2 unspecified atom stereocenters. The Morgan fingerprint density at radius 1 is 1.60 bits per heavy atom. The summed E-state index contributed by atoms with van der Waals surface area (Å²) in [6, 6.07) is 0.510. The highest BCUT2D eigenvalue weighted by atomic mass is 16.4. The first-order valence-electron chi connectivity index (χ1n) is 5.87. The topological polar surface area (TPSA) is 49.3 Å². The summed E-state index contributed by atoms with van der Waals surface area (Å²) < 4.78 is 0. The van der Waals surface area contributed by atoms with Crippen molar-refractivity contribution in [3.8, 4) is 0 Å². The molecule has 1 aliphatic carbocycles. The van der Waals surface area contributed by atoms with Crippen LogP contribution in [0.2, 0.25) is 0 Å². The van der Waals surface area contributed by atoms with Crippen molar-refractivity contribution in [1.82, 2.24) is 5.32 Å². The SMILES string of the molecule is CC(CNC1CCCC(C)(C)C1)C(=O)O. The van der Waals surface area contributed by atoms with Gasteiger partial charge in [-0.3, -0.25) is 4.79 Å². The predicted molar refractivity (Wildman–Crippen MR) is 60.8 cm³/mol. The normalized spacial score (nSPS) is 27.3. The molecule has 15 heavy (non-hydrogen) atoms. The van der Waals surface area contributed by atoms with Gasteiger partial charge in [-0.25, -0.2) is 0 Å². The monoisotopic (exact) mass is 213 g/mol. The minimum atomic E-state index is -0.711. The zero-order valence-corrected chi connectivity index (χ0v) is 10.0. The van der Waals surface area contributed by atoms with Gasteiger partial charge in [0, 0.05) is 12.6 Å². The van der Waals surface area contributed by atoms with Crippen LogP contribution in [0.1, 0.15) is 46.5 Å². The summed E-state index contributed by atoms with van der Waals surface area (Å²) in [7, 11) is 0. The molecule has 3 nitrogen and oxygen atoms in total. The smallest absolute Gasteiger partial charge is 0.307 e. The average Bonchev–Trinajstić information content (AvgIpc) is 2.12. The second kappa shape index (κ2) is 4.97. The van der Waals surface area contributed by atoms with Gasteiger partial charge < -0.3 is 10.4 Å². The van der Waals surface area contributed by atoms with Crippen LogP contribution in [0.3, 0.4) is 0 Å². The fraction of sp³-hybridized carbons (Fsp3) is 0.917. The first-order chi connectivity index (χ1) is 6.91. The van der Waals surface area contributed by atoms with Crippen LogP contribution in [0, 0.1) is 11.3 Å². The predicted octanol–water partition coefficient (Wildman–Crippen LogP) is 2.27. The Balaban J connectivity index is 2.30. The molecule has 2 N–H and O–H groups in total. The Bertz CT molecular complexity index is 226. The second-order valence-electron chi connectivity index (χ2n) is 5.61. The summed E-state index contributed by atoms with van der Waals surface area (Å²) in [5.41, 5.74) is 0.419. The van der Waals surface area contributed by atoms with E-state index in [0.29, 0.717) is 18.0 Å². The minimum absolute atomic E-state index is 0.282. The minimum Gasteiger partial charge on any atom is -0.481 e. The van der Waals surface area contributed by atoms with E-state index in [9.17, 15) is 4.79 Å². The quantitative estimate of drug-likeness (QED) is 0.753. The number of aliphatic carboxylic acids is 1. The van der Waals surface area contributed by atoms with Gasteiger partial charge in [0.2, 0.25) is 0 Å². The molecule has 0 aromatic heterocycles. The summed E-state index contributed by atoms with van der Waals surface area (Å²) in [6.45, 7) is 6.93. The third-order valence-electron chi connectivity index (χ3n) is 3.34.